The highest BCUT2D eigenvalue weighted by Gasteiger charge is 2.11. The van der Waals surface area contributed by atoms with Crippen molar-refractivity contribution in [2.24, 2.45) is 9.98 Å². The summed E-state index contributed by atoms with van der Waals surface area (Å²) in [5.74, 6) is 0. The van der Waals surface area contributed by atoms with Crippen LogP contribution in [0.4, 0.5) is 11.4 Å². The van der Waals surface area contributed by atoms with E-state index in [0.29, 0.717) is 0 Å². The molecule has 0 saturated carbocycles. The van der Waals surface area contributed by atoms with Crippen LogP contribution in [0, 0.1) is 0 Å². The molecule has 0 aliphatic rings. The Morgan fingerprint density at radius 1 is 0.268 bits per heavy atom. The van der Waals surface area contributed by atoms with Crippen molar-refractivity contribution < 1.29 is 0 Å². The van der Waals surface area contributed by atoms with Gasteiger partial charge in [-0.05, 0) is 111 Å². The predicted octanol–water partition coefficient (Wildman–Crippen LogP) is 28.7. The van der Waals surface area contributed by atoms with Crippen LogP contribution < -0.4 is 0 Å². The Morgan fingerprint density at radius 2 is 0.549 bits per heavy atom. The minimum Gasteiger partial charge on any atom is -0.251 e. The average Bonchev–Trinajstić information content (AvgIpc) is 3.62. The third kappa shape index (κ3) is 47.7. The highest BCUT2D eigenvalue weighted by molar-refractivity contribution is 6.47. The van der Waals surface area contributed by atoms with E-state index in [9.17, 15) is 0 Å². The second-order valence-electron chi connectivity index (χ2n) is 26.2. The summed E-state index contributed by atoms with van der Waals surface area (Å²) in [6.07, 6.45) is 85.9. The van der Waals surface area contributed by atoms with Crippen LogP contribution in [0.1, 0.15) is 411 Å². The van der Waals surface area contributed by atoms with Gasteiger partial charge >= 0.3 is 0 Å². The lowest BCUT2D eigenvalue weighted by Gasteiger charge is -2.12. The van der Waals surface area contributed by atoms with E-state index in [4.69, 9.17) is 9.98 Å². The van der Waals surface area contributed by atoms with Gasteiger partial charge in [-0.15, -0.1) is 0 Å². The Labute approximate surface area is 514 Å². The van der Waals surface area contributed by atoms with E-state index in [1.54, 1.807) is 0 Å². The SMILES string of the molecule is CCCCCCCCCCCCCCCCCCCCC/C=C/C(=Nc1cc(CCCCC)cc(CCCCC)c1)C(CCCCCCCC)=Nc1ccc(CCCCCCCCCCCCCCCCCCCCCCCCC)cc1. The minimum atomic E-state index is 0.982. The normalized spacial score (nSPS) is 12.3. The first kappa shape index (κ1) is 75.6. The summed E-state index contributed by atoms with van der Waals surface area (Å²) in [5, 5.41) is 0. The van der Waals surface area contributed by atoms with E-state index < -0.39 is 0 Å². The zero-order valence-electron chi connectivity index (χ0n) is 56.3. The smallest absolute Gasteiger partial charge is 0.0848 e. The van der Waals surface area contributed by atoms with Gasteiger partial charge in [-0.2, -0.15) is 0 Å². The first-order valence-corrected chi connectivity index (χ1v) is 37.7. The molecule has 0 N–H and O–H groups in total. The van der Waals surface area contributed by atoms with E-state index in [1.165, 1.54) is 376 Å². The monoisotopic (exact) mass is 1130 g/mol. The average molecular weight is 1130 g/mol. The molecule has 0 aliphatic heterocycles. The maximum atomic E-state index is 5.62. The summed E-state index contributed by atoms with van der Waals surface area (Å²) in [6, 6.07) is 16.6. The zero-order chi connectivity index (χ0) is 58.5. The van der Waals surface area contributed by atoms with Gasteiger partial charge in [0.2, 0.25) is 0 Å². The summed E-state index contributed by atoms with van der Waals surface area (Å²) < 4.78 is 0. The van der Waals surface area contributed by atoms with Crippen molar-refractivity contribution in [2.45, 2.75) is 413 Å². The van der Waals surface area contributed by atoms with Gasteiger partial charge in [0.05, 0.1) is 22.8 Å². The van der Waals surface area contributed by atoms with Crippen molar-refractivity contribution in [3.05, 3.63) is 71.3 Å². The Morgan fingerprint density at radius 3 is 0.902 bits per heavy atom. The molecule has 0 amide bonds. The number of allylic oxidation sites excluding steroid dienone is 2. The summed E-state index contributed by atoms with van der Waals surface area (Å²) in [7, 11) is 0. The molecule has 472 valence electrons. The molecule has 0 aliphatic carbocycles. The van der Waals surface area contributed by atoms with Crippen LogP contribution in [-0.2, 0) is 19.3 Å². The van der Waals surface area contributed by atoms with Crippen molar-refractivity contribution in [3.8, 4) is 0 Å². The van der Waals surface area contributed by atoms with Gasteiger partial charge < -0.3 is 0 Å². The first-order chi connectivity index (χ1) is 40.6. The van der Waals surface area contributed by atoms with Crippen LogP contribution in [0.15, 0.2) is 64.6 Å². The van der Waals surface area contributed by atoms with Gasteiger partial charge in [0.15, 0.2) is 0 Å². The predicted molar refractivity (Wildman–Crippen MR) is 374 cm³/mol. The standard InChI is InChI=1S/C80H142N2/c1-6-11-16-19-22-24-26-28-30-32-34-36-37-39-40-42-44-46-48-50-52-54-59-62-74-67-69-77(70-68-74)81-79(65-60-55-21-18-13-8-3)80(82-78-72-75(63-57-14-9-4)71-76(73-78)64-58-15-10-5)66-61-56-53-51-49-47-45-43-41-38-35-33-31-29-27-25-23-20-17-12-7-2/h61,66-73H,6-60,62-65H2,1-5H3/b66-61+,81-79?,82-80?. The molecule has 0 heterocycles. The molecule has 0 fully saturated rings. The molecule has 0 spiro atoms. The largest absolute Gasteiger partial charge is 0.251 e. The van der Waals surface area contributed by atoms with Crippen LogP contribution in [0.5, 0.6) is 0 Å². The fourth-order valence-electron chi connectivity index (χ4n) is 12.4. The van der Waals surface area contributed by atoms with Gasteiger partial charge in [-0.1, -0.05) is 374 Å². The van der Waals surface area contributed by atoms with Crippen molar-refractivity contribution in [1.29, 1.82) is 0 Å². The number of benzene rings is 2. The van der Waals surface area contributed by atoms with Crippen molar-refractivity contribution in [1.82, 2.24) is 0 Å². The number of hydrogen-bond acceptors (Lipinski definition) is 2. The Hall–Kier alpha value is -2.48. The summed E-state index contributed by atoms with van der Waals surface area (Å²) >= 11 is 0. The minimum absolute atomic E-state index is 0.982. The topological polar surface area (TPSA) is 24.7 Å². The number of rotatable bonds is 63. The molecule has 82 heavy (non-hydrogen) atoms. The van der Waals surface area contributed by atoms with Crippen molar-refractivity contribution >= 4 is 22.8 Å². The molecule has 2 rings (SSSR count). The zero-order valence-corrected chi connectivity index (χ0v) is 56.3. The van der Waals surface area contributed by atoms with E-state index >= 15 is 0 Å². The maximum absolute atomic E-state index is 5.62. The Kier molecular flexibility index (Phi) is 55.5. The third-order valence-electron chi connectivity index (χ3n) is 18.0. The van der Waals surface area contributed by atoms with Crippen LogP contribution in [-0.4, -0.2) is 11.4 Å². The highest BCUT2D eigenvalue weighted by atomic mass is 14.8. The summed E-state index contributed by atoms with van der Waals surface area (Å²) in [4.78, 5) is 11.1. The first-order valence-electron chi connectivity index (χ1n) is 37.7. The molecule has 2 heteroatoms. The molecular formula is C80H142N2. The molecule has 0 bridgehead atoms. The van der Waals surface area contributed by atoms with Gasteiger partial charge in [-0.3, -0.25) is 4.99 Å². The molecule has 2 nitrogen and oxygen atoms in total. The quantitative estimate of drug-likeness (QED) is 0.0466. The van der Waals surface area contributed by atoms with Crippen LogP contribution >= 0.6 is 0 Å². The summed E-state index contributed by atoms with van der Waals surface area (Å²) in [5.41, 5.74) is 8.86. The molecule has 0 saturated heterocycles. The van der Waals surface area contributed by atoms with Crippen LogP contribution in [0.2, 0.25) is 0 Å². The lowest BCUT2D eigenvalue weighted by molar-refractivity contribution is 0.518. The second-order valence-corrected chi connectivity index (χ2v) is 26.2. The number of aliphatic imine (C=N–C) groups is 2. The number of hydrogen-bond donors (Lipinski definition) is 0. The Bertz CT molecular complexity index is 1680. The van der Waals surface area contributed by atoms with Crippen molar-refractivity contribution in [2.75, 3.05) is 0 Å². The van der Waals surface area contributed by atoms with Gasteiger partial charge in [0.1, 0.15) is 0 Å². The number of nitrogens with zero attached hydrogens (tertiary/aromatic N) is 2. The maximum Gasteiger partial charge on any atom is 0.0848 e. The van der Waals surface area contributed by atoms with E-state index in [1.807, 2.05) is 0 Å². The molecular weight excluding hydrogens is 989 g/mol. The molecule has 0 radical (unpaired) electrons. The van der Waals surface area contributed by atoms with Gasteiger partial charge in [0.25, 0.3) is 0 Å². The molecule has 2 aromatic carbocycles. The summed E-state index contributed by atoms with van der Waals surface area (Å²) in [6.45, 7) is 11.6. The van der Waals surface area contributed by atoms with Crippen LogP contribution in [0.3, 0.4) is 0 Å². The molecule has 0 unspecified atom stereocenters. The molecule has 0 aromatic heterocycles. The van der Waals surface area contributed by atoms with Gasteiger partial charge in [-0.25, -0.2) is 4.99 Å². The van der Waals surface area contributed by atoms with E-state index in [2.05, 4.69) is 89.2 Å². The third-order valence-corrected chi connectivity index (χ3v) is 18.0. The highest BCUT2D eigenvalue weighted by Crippen LogP contribution is 2.26. The fraction of sp³-hybridized carbons (Fsp3) is 0.800. The lowest BCUT2D eigenvalue weighted by atomic mass is 9.99. The van der Waals surface area contributed by atoms with Crippen molar-refractivity contribution in [3.63, 3.8) is 0 Å². The number of aryl methyl sites for hydroxylation is 3. The lowest BCUT2D eigenvalue weighted by Crippen LogP contribution is -2.12. The van der Waals surface area contributed by atoms with E-state index in [-0.39, 0.29) is 0 Å². The number of unbranched alkanes of at least 4 members (excludes halogenated alkanes) is 50. The fourth-order valence-corrected chi connectivity index (χ4v) is 12.4. The van der Waals surface area contributed by atoms with Crippen LogP contribution in [0.25, 0.3) is 0 Å². The second kappa shape index (κ2) is 60.2. The van der Waals surface area contributed by atoms with E-state index in [0.717, 1.165) is 42.8 Å². The molecule has 2 aromatic rings. The molecule has 0 atom stereocenters. The Balaban J connectivity index is 1.93. The van der Waals surface area contributed by atoms with Gasteiger partial charge in [0, 0.05) is 0 Å².